The Labute approximate surface area is 131 Å². The van der Waals surface area contributed by atoms with E-state index in [1.54, 1.807) is 6.20 Å². The van der Waals surface area contributed by atoms with Crippen molar-refractivity contribution in [2.24, 2.45) is 0 Å². The third kappa shape index (κ3) is 4.16. The summed E-state index contributed by atoms with van der Waals surface area (Å²) in [6.45, 7) is 7.09. The zero-order chi connectivity index (χ0) is 16.3. The van der Waals surface area contributed by atoms with Crippen LogP contribution in [0.25, 0.3) is 0 Å². The van der Waals surface area contributed by atoms with Gasteiger partial charge in [-0.3, -0.25) is 0 Å². The summed E-state index contributed by atoms with van der Waals surface area (Å²) in [5.74, 6) is 0.333. The molecule has 2 heterocycles. The molecule has 1 aromatic heterocycles. The van der Waals surface area contributed by atoms with Crippen molar-refractivity contribution >= 4 is 23.3 Å². The molecule has 122 valence electrons. The molecule has 22 heavy (non-hydrogen) atoms. The summed E-state index contributed by atoms with van der Waals surface area (Å²) in [7, 11) is 0. The molecule has 0 saturated carbocycles. The van der Waals surface area contributed by atoms with Gasteiger partial charge in [-0.25, -0.2) is 9.78 Å². The van der Waals surface area contributed by atoms with Crippen LogP contribution in [0.15, 0.2) is 12.3 Å². The molecule has 0 aliphatic carbocycles. The molecular formula is C15H25N5O2. The maximum atomic E-state index is 11.9. The molecule has 0 radical (unpaired) electrons. The van der Waals surface area contributed by atoms with E-state index in [4.69, 9.17) is 16.2 Å². The predicted octanol–water partition coefficient (Wildman–Crippen LogP) is 1.74. The highest BCUT2D eigenvalue weighted by molar-refractivity contribution is 5.77. The minimum atomic E-state index is -0.498. The van der Waals surface area contributed by atoms with E-state index in [0.717, 1.165) is 25.1 Å². The minimum Gasteiger partial charge on any atom is -0.444 e. The number of aromatic nitrogens is 1. The quantitative estimate of drug-likeness (QED) is 0.768. The second-order valence-corrected chi connectivity index (χ2v) is 6.56. The number of ether oxygens (including phenoxy) is 1. The molecule has 1 unspecified atom stereocenters. The van der Waals surface area contributed by atoms with E-state index in [1.807, 2.05) is 26.8 Å². The molecule has 5 N–H and O–H groups in total. The number of anilines is 3. The number of hydrogen-bond donors (Lipinski definition) is 3. The Morgan fingerprint density at radius 1 is 1.45 bits per heavy atom. The lowest BCUT2D eigenvalue weighted by molar-refractivity contribution is 0.0500. The number of nitrogens with two attached hydrogens (primary N) is 2. The summed E-state index contributed by atoms with van der Waals surface area (Å²) in [6.07, 6.45) is 3.13. The molecule has 7 heteroatoms. The van der Waals surface area contributed by atoms with Crippen molar-refractivity contribution in [2.75, 3.05) is 29.5 Å². The molecule has 0 bridgehead atoms. The Morgan fingerprint density at radius 3 is 2.86 bits per heavy atom. The Balaban J connectivity index is 2.00. The van der Waals surface area contributed by atoms with Gasteiger partial charge in [-0.15, -0.1) is 0 Å². The van der Waals surface area contributed by atoms with Gasteiger partial charge in [0.15, 0.2) is 0 Å². The number of piperidine rings is 1. The first-order valence-electron chi connectivity index (χ1n) is 7.50. The Bertz CT molecular complexity index is 541. The topological polar surface area (TPSA) is 106 Å². The van der Waals surface area contributed by atoms with Crippen LogP contribution in [0.4, 0.5) is 22.0 Å². The molecule has 0 spiro atoms. The number of nitrogens with one attached hydrogen (secondary N) is 1. The third-order valence-electron chi connectivity index (χ3n) is 3.48. The summed E-state index contributed by atoms with van der Waals surface area (Å²) in [6, 6.07) is 1.87. The lowest BCUT2D eigenvalue weighted by Crippen LogP contribution is -2.49. The predicted molar refractivity (Wildman–Crippen MR) is 87.7 cm³/mol. The summed E-state index contributed by atoms with van der Waals surface area (Å²) in [5.41, 5.74) is 12.6. The molecule has 2 rings (SSSR count). The number of rotatable bonds is 2. The van der Waals surface area contributed by atoms with Crippen molar-refractivity contribution in [3.05, 3.63) is 12.3 Å². The minimum absolute atomic E-state index is 0.0254. The molecule has 1 amide bonds. The van der Waals surface area contributed by atoms with Crippen LogP contribution in [-0.2, 0) is 4.74 Å². The monoisotopic (exact) mass is 307 g/mol. The maximum absolute atomic E-state index is 11.9. The number of pyridine rings is 1. The molecule has 0 aromatic carbocycles. The van der Waals surface area contributed by atoms with Gasteiger partial charge in [-0.1, -0.05) is 0 Å². The fraction of sp³-hybridized carbons (Fsp3) is 0.600. The molecular weight excluding hydrogens is 282 g/mol. The standard InChI is InChI=1S/C15H25N5O2/c1-15(2,3)22-14(21)19-10-5-4-8-20(9-10)11-6-7-18-13(17)12(11)16/h6-7,10H,4-5,8-9,16H2,1-3H3,(H2,17,18)(H,19,21). The van der Waals surface area contributed by atoms with E-state index in [0.29, 0.717) is 18.1 Å². The molecule has 1 fully saturated rings. The van der Waals surface area contributed by atoms with Crippen LogP contribution < -0.4 is 21.7 Å². The van der Waals surface area contributed by atoms with Gasteiger partial charge in [0.25, 0.3) is 0 Å². The summed E-state index contributed by atoms with van der Waals surface area (Å²) in [4.78, 5) is 18.0. The highest BCUT2D eigenvalue weighted by Gasteiger charge is 2.25. The number of amides is 1. The normalized spacial score (nSPS) is 18.9. The first kappa shape index (κ1) is 16.2. The fourth-order valence-corrected chi connectivity index (χ4v) is 2.54. The van der Waals surface area contributed by atoms with Gasteiger partial charge in [-0.2, -0.15) is 0 Å². The number of carbonyl (C=O) groups excluding carboxylic acids is 1. The van der Waals surface area contributed by atoms with Crippen LogP contribution in [-0.4, -0.2) is 35.8 Å². The van der Waals surface area contributed by atoms with Crippen molar-refractivity contribution in [1.82, 2.24) is 10.3 Å². The molecule has 1 saturated heterocycles. The fourth-order valence-electron chi connectivity index (χ4n) is 2.54. The molecule has 1 atom stereocenters. The largest absolute Gasteiger partial charge is 0.444 e. The SMILES string of the molecule is CC(C)(C)OC(=O)NC1CCCN(c2ccnc(N)c2N)C1. The smallest absolute Gasteiger partial charge is 0.407 e. The number of hydrogen-bond acceptors (Lipinski definition) is 6. The first-order valence-corrected chi connectivity index (χ1v) is 7.50. The highest BCUT2D eigenvalue weighted by atomic mass is 16.6. The Morgan fingerprint density at radius 2 is 2.18 bits per heavy atom. The lowest BCUT2D eigenvalue weighted by Gasteiger charge is -2.35. The van der Waals surface area contributed by atoms with E-state index >= 15 is 0 Å². The summed E-state index contributed by atoms with van der Waals surface area (Å²) >= 11 is 0. The molecule has 7 nitrogen and oxygen atoms in total. The number of nitrogens with zero attached hydrogens (tertiary/aromatic N) is 2. The van der Waals surface area contributed by atoms with Gasteiger partial charge in [0.2, 0.25) is 0 Å². The second kappa shape index (κ2) is 6.29. The van der Waals surface area contributed by atoms with Crippen LogP contribution in [0.5, 0.6) is 0 Å². The van der Waals surface area contributed by atoms with E-state index in [2.05, 4.69) is 15.2 Å². The van der Waals surface area contributed by atoms with Crippen molar-refractivity contribution < 1.29 is 9.53 Å². The first-order chi connectivity index (χ1) is 10.3. The average molecular weight is 307 g/mol. The Hall–Kier alpha value is -2.18. The maximum Gasteiger partial charge on any atom is 0.407 e. The van der Waals surface area contributed by atoms with Crippen molar-refractivity contribution in [1.29, 1.82) is 0 Å². The molecule has 1 aromatic rings. The van der Waals surface area contributed by atoms with Gasteiger partial charge in [0.1, 0.15) is 11.4 Å². The van der Waals surface area contributed by atoms with Gasteiger partial charge >= 0.3 is 6.09 Å². The van der Waals surface area contributed by atoms with Crippen molar-refractivity contribution in [3.63, 3.8) is 0 Å². The van der Waals surface area contributed by atoms with E-state index < -0.39 is 5.60 Å². The van der Waals surface area contributed by atoms with Gasteiger partial charge < -0.3 is 26.4 Å². The molecule has 1 aliphatic heterocycles. The third-order valence-corrected chi connectivity index (χ3v) is 3.48. The number of nitrogen functional groups attached to an aromatic ring is 2. The average Bonchev–Trinajstić information content (AvgIpc) is 2.40. The van der Waals surface area contributed by atoms with E-state index in [-0.39, 0.29) is 12.1 Å². The van der Waals surface area contributed by atoms with Crippen LogP contribution in [0, 0.1) is 0 Å². The van der Waals surface area contributed by atoms with Crippen molar-refractivity contribution in [3.8, 4) is 0 Å². The number of carbonyl (C=O) groups is 1. The van der Waals surface area contributed by atoms with Crippen LogP contribution >= 0.6 is 0 Å². The van der Waals surface area contributed by atoms with Crippen LogP contribution in [0.2, 0.25) is 0 Å². The number of alkyl carbamates (subject to hydrolysis) is 1. The van der Waals surface area contributed by atoms with E-state index in [1.165, 1.54) is 0 Å². The van der Waals surface area contributed by atoms with Crippen molar-refractivity contribution in [2.45, 2.75) is 45.3 Å². The van der Waals surface area contributed by atoms with Gasteiger partial charge in [0, 0.05) is 25.3 Å². The lowest BCUT2D eigenvalue weighted by atomic mass is 10.0. The zero-order valence-corrected chi connectivity index (χ0v) is 13.4. The highest BCUT2D eigenvalue weighted by Crippen LogP contribution is 2.29. The second-order valence-electron chi connectivity index (χ2n) is 6.56. The summed E-state index contributed by atoms with van der Waals surface area (Å²) < 4.78 is 5.30. The van der Waals surface area contributed by atoms with Crippen LogP contribution in [0.1, 0.15) is 33.6 Å². The molecule has 1 aliphatic rings. The zero-order valence-electron chi connectivity index (χ0n) is 13.4. The van der Waals surface area contributed by atoms with Gasteiger partial charge in [0.05, 0.1) is 11.4 Å². The summed E-state index contributed by atoms with van der Waals surface area (Å²) in [5, 5.41) is 2.92. The Kier molecular flexibility index (Phi) is 4.63. The van der Waals surface area contributed by atoms with Crippen LogP contribution in [0.3, 0.4) is 0 Å². The van der Waals surface area contributed by atoms with Gasteiger partial charge in [-0.05, 0) is 39.7 Å². The van der Waals surface area contributed by atoms with E-state index in [9.17, 15) is 4.79 Å².